The van der Waals surface area contributed by atoms with Crippen molar-refractivity contribution in [2.24, 2.45) is 46.3 Å². The van der Waals surface area contributed by atoms with Gasteiger partial charge in [-0.05, 0) is 113 Å². The van der Waals surface area contributed by atoms with Crippen LogP contribution in [-0.4, -0.2) is 205 Å². The highest BCUT2D eigenvalue weighted by Gasteiger charge is 2.69. The molecule has 6 saturated heterocycles. The van der Waals surface area contributed by atoms with Crippen molar-refractivity contribution in [3.63, 3.8) is 0 Å². The van der Waals surface area contributed by atoms with E-state index in [4.69, 9.17) is 47.4 Å². The molecule has 31 atom stereocenters. The molecule has 0 radical (unpaired) electrons. The molecular weight excluding hydrogens is 933 g/mol. The van der Waals surface area contributed by atoms with Crippen LogP contribution >= 0.6 is 0 Å². The van der Waals surface area contributed by atoms with Gasteiger partial charge in [0.25, 0.3) is 0 Å². The standard InChI is InChI=1S/C51H82O20/c1-20-10-15-51(62-19-20)21(2)32-30(71-51)17-29-27-9-8-25-16-26(11-13-49(25,6)28(27)12-14-50(29,32)7)66-48-44(70-46-39(59)36(56)34(54)23(4)64-46)41(61)43(31(18-52)67-48)69-47-40(60)37(57)42(24(5)65-47)68-45-38(58)35(55)33(53)22(3)63-45/h8,20-24,26-48,52-61H,9-19H2,1-7H3/t20?,21?,22-,23-,24-,26+,27?,28?,29?,30?,31-,32?,33+,34+,35-,36-,37+,38-,39-,40-,41-,42+,43-,44-,45+,46+,47+,48-,49+,50+,51?/m1/s1. The van der Waals surface area contributed by atoms with Crippen LogP contribution < -0.4 is 0 Å². The van der Waals surface area contributed by atoms with E-state index in [0.717, 1.165) is 51.6 Å². The monoisotopic (exact) mass is 1010 g/mol. The smallest absolute Gasteiger partial charge is 0.187 e. The molecule has 1 spiro atoms. The van der Waals surface area contributed by atoms with Crippen LogP contribution in [0.1, 0.15) is 106 Å². The highest BCUT2D eigenvalue weighted by Crippen LogP contribution is 2.71. The molecule has 0 aromatic rings. The molecule has 0 bridgehead atoms. The SMILES string of the molecule is CC1CCC2(OC1)OC1CC3C4CC=C5C[C@@H](O[C@@H]6O[C@H](CO)[C@@H](O[C@@H]7O[C@H](C)[C@H](O[C@@H]8O[C@H](C)[C@H](O)[C@@H](O)[C@H]8O)[C@@H](O)[C@H]7O)[C@@H](O)[C@H]6O[C@@H]6O[C@H](C)[C@H](O)[C@@H](O)[C@H]6O)CC[C@]5(C)C4CC[C@]3(C)C1C2C. The predicted octanol–water partition coefficient (Wildman–Crippen LogP) is 0.0935. The Hall–Kier alpha value is -1.06. The van der Waals surface area contributed by atoms with Crippen molar-refractivity contribution < 1.29 is 98.4 Å². The highest BCUT2D eigenvalue weighted by molar-refractivity contribution is 5.26. The summed E-state index contributed by atoms with van der Waals surface area (Å²) in [4.78, 5) is 0. The maximum atomic E-state index is 12.2. The molecule has 6 heterocycles. The van der Waals surface area contributed by atoms with Crippen LogP contribution in [0.5, 0.6) is 0 Å². The van der Waals surface area contributed by atoms with Gasteiger partial charge in [-0.25, -0.2) is 0 Å². The van der Waals surface area contributed by atoms with E-state index in [1.807, 2.05) is 0 Å². The number of hydrogen-bond acceptors (Lipinski definition) is 20. The van der Waals surface area contributed by atoms with Gasteiger partial charge < -0.3 is 98.4 Å². The molecule has 8 unspecified atom stereocenters. The van der Waals surface area contributed by atoms with Gasteiger partial charge in [-0.15, -0.1) is 0 Å². The van der Waals surface area contributed by atoms with Crippen LogP contribution in [0, 0.1) is 46.3 Å². The second kappa shape index (κ2) is 20.1. The van der Waals surface area contributed by atoms with E-state index in [1.165, 1.54) is 26.3 Å². The Morgan fingerprint density at radius 3 is 1.82 bits per heavy atom. The molecule has 10 rings (SSSR count). The van der Waals surface area contributed by atoms with Crippen molar-refractivity contribution in [2.75, 3.05) is 13.2 Å². The Morgan fingerprint density at radius 2 is 1.20 bits per heavy atom. The number of aliphatic hydroxyl groups excluding tert-OH is 10. The van der Waals surface area contributed by atoms with Crippen LogP contribution in [0.3, 0.4) is 0 Å². The number of aliphatic hydroxyl groups is 10. The van der Waals surface area contributed by atoms with Crippen molar-refractivity contribution in [3.05, 3.63) is 11.6 Å². The Balaban J connectivity index is 0.836. The summed E-state index contributed by atoms with van der Waals surface area (Å²) in [7, 11) is 0. The summed E-state index contributed by atoms with van der Waals surface area (Å²) < 4.78 is 62.2. The van der Waals surface area contributed by atoms with Crippen molar-refractivity contribution in [1.29, 1.82) is 0 Å². The number of hydrogen-bond donors (Lipinski definition) is 10. The first-order valence-electron chi connectivity index (χ1n) is 26.6. The summed E-state index contributed by atoms with van der Waals surface area (Å²) in [5, 5.41) is 109. The molecule has 6 aliphatic heterocycles. The Labute approximate surface area is 415 Å². The Morgan fingerprint density at radius 1 is 0.592 bits per heavy atom. The van der Waals surface area contributed by atoms with E-state index < -0.39 is 141 Å². The van der Waals surface area contributed by atoms with Crippen molar-refractivity contribution in [1.82, 2.24) is 0 Å². The summed E-state index contributed by atoms with van der Waals surface area (Å²) in [5.41, 5.74) is 1.44. The second-order valence-electron chi connectivity index (χ2n) is 23.8. The minimum Gasteiger partial charge on any atom is -0.394 e. The third-order valence-electron chi connectivity index (χ3n) is 19.7. The third kappa shape index (κ3) is 9.03. The minimum atomic E-state index is -1.85. The van der Waals surface area contributed by atoms with Gasteiger partial charge in [0.1, 0.15) is 79.4 Å². The zero-order valence-corrected chi connectivity index (χ0v) is 42.1. The van der Waals surface area contributed by atoms with E-state index in [0.29, 0.717) is 48.3 Å². The molecule has 0 aromatic heterocycles. The van der Waals surface area contributed by atoms with Gasteiger partial charge in [0.05, 0.1) is 43.7 Å². The molecule has 0 aromatic carbocycles. The van der Waals surface area contributed by atoms with Gasteiger partial charge in [-0.3, -0.25) is 0 Å². The summed E-state index contributed by atoms with van der Waals surface area (Å²) in [6.07, 6.45) is -19.0. The quantitative estimate of drug-likeness (QED) is 0.137. The van der Waals surface area contributed by atoms with Gasteiger partial charge in [-0.2, -0.15) is 0 Å². The number of ether oxygens (including phenoxy) is 10. The molecule has 4 aliphatic carbocycles. The topological polar surface area (TPSA) is 295 Å². The van der Waals surface area contributed by atoms with E-state index in [1.54, 1.807) is 0 Å². The molecule has 9 fully saturated rings. The van der Waals surface area contributed by atoms with Gasteiger partial charge >= 0.3 is 0 Å². The number of rotatable bonds is 9. The first-order chi connectivity index (χ1) is 33.6. The first-order valence-corrected chi connectivity index (χ1v) is 26.6. The molecule has 20 heteroatoms. The third-order valence-corrected chi connectivity index (χ3v) is 19.7. The fourth-order valence-electron chi connectivity index (χ4n) is 15.4. The van der Waals surface area contributed by atoms with Crippen LogP contribution in [-0.2, 0) is 47.4 Å². The summed E-state index contributed by atoms with van der Waals surface area (Å²) in [6, 6.07) is 0. The second-order valence-corrected chi connectivity index (χ2v) is 23.8. The molecule has 0 amide bonds. The summed E-state index contributed by atoms with van der Waals surface area (Å²) in [6.45, 7) is 14.1. The van der Waals surface area contributed by atoms with Gasteiger partial charge in [-0.1, -0.05) is 39.3 Å². The summed E-state index contributed by atoms with van der Waals surface area (Å²) >= 11 is 0. The highest BCUT2D eigenvalue weighted by atomic mass is 16.8. The number of allylic oxidation sites excluding steroid dienone is 1. The van der Waals surface area contributed by atoms with Crippen LogP contribution in [0.15, 0.2) is 11.6 Å². The van der Waals surface area contributed by atoms with Crippen molar-refractivity contribution >= 4 is 0 Å². The molecular formula is C51H82O20. The van der Waals surface area contributed by atoms with Crippen molar-refractivity contribution in [3.8, 4) is 0 Å². The molecule has 71 heavy (non-hydrogen) atoms. The lowest BCUT2D eigenvalue weighted by Gasteiger charge is -2.59. The van der Waals surface area contributed by atoms with Crippen molar-refractivity contribution in [2.45, 2.75) is 247 Å². The molecule has 3 saturated carbocycles. The fourth-order valence-corrected chi connectivity index (χ4v) is 15.4. The summed E-state index contributed by atoms with van der Waals surface area (Å²) in [5.74, 6) is 2.46. The maximum absolute atomic E-state index is 12.2. The van der Waals surface area contributed by atoms with Gasteiger partial charge in [0, 0.05) is 12.3 Å². The van der Waals surface area contributed by atoms with Crippen LogP contribution in [0.25, 0.3) is 0 Å². The van der Waals surface area contributed by atoms with E-state index in [2.05, 4.69) is 33.8 Å². The lowest BCUT2D eigenvalue weighted by molar-refractivity contribution is -0.394. The molecule has 10 N–H and O–H groups in total. The molecule has 10 aliphatic rings. The maximum Gasteiger partial charge on any atom is 0.187 e. The zero-order chi connectivity index (χ0) is 50.8. The fraction of sp³-hybridized carbons (Fsp3) is 0.961. The predicted molar refractivity (Wildman–Crippen MR) is 244 cm³/mol. The van der Waals surface area contributed by atoms with Crippen LogP contribution in [0.2, 0.25) is 0 Å². The van der Waals surface area contributed by atoms with E-state index in [9.17, 15) is 51.1 Å². The zero-order valence-electron chi connectivity index (χ0n) is 42.1. The average molecular weight is 1020 g/mol. The Bertz CT molecular complexity index is 1890. The largest absolute Gasteiger partial charge is 0.394 e. The lowest BCUT2D eigenvalue weighted by Crippen LogP contribution is -2.67. The normalized spacial score (nSPS) is 58.4. The molecule has 20 nitrogen and oxygen atoms in total. The van der Waals surface area contributed by atoms with Gasteiger partial charge in [0.2, 0.25) is 0 Å². The van der Waals surface area contributed by atoms with E-state index >= 15 is 0 Å². The van der Waals surface area contributed by atoms with Crippen LogP contribution in [0.4, 0.5) is 0 Å². The Kier molecular flexibility index (Phi) is 15.1. The molecule has 406 valence electrons. The van der Waals surface area contributed by atoms with Gasteiger partial charge in [0.15, 0.2) is 30.9 Å². The first kappa shape index (κ1) is 53.3. The average Bonchev–Trinajstić information content (AvgIpc) is 3.79. The number of fused-ring (bicyclic) bond motifs is 7. The lowest BCUT2D eigenvalue weighted by atomic mass is 9.47. The van der Waals surface area contributed by atoms with E-state index in [-0.39, 0.29) is 16.9 Å². The minimum absolute atomic E-state index is 0.0569.